The summed E-state index contributed by atoms with van der Waals surface area (Å²) >= 11 is 0. The molecule has 2 aromatic heterocycles. The third-order valence-corrected chi connectivity index (χ3v) is 4.71. The first kappa shape index (κ1) is 24.6. The van der Waals surface area contributed by atoms with Crippen molar-refractivity contribution in [3.8, 4) is 0 Å². The van der Waals surface area contributed by atoms with E-state index in [1.165, 1.54) is 0 Å². The molecule has 28 heavy (non-hydrogen) atoms. The number of fused-ring (bicyclic) bond motifs is 3. The molecule has 2 atom stereocenters. The molecule has 2 N–H and O–H groups in total. The molecule has 4 nitrogen and oxygen atoms in total. The van der Waals surface area contributed by atoms with Gasteiger partial charge in [-0.05, 0) is 33.3 Å². The van der Waals surface area contributed by atoms with Gasteiger partial charge in [0.25, 0.3) is 0 Å². The maximum Gasteiger partial charge on any atom is 0.0613 e. The van der Waals surface area contributed by atoms with Crippen LogP contribution in [0.3, 0.4) is 0 Å². The quantitative estimate of drug-likeness (QED) is 0.351. The third kappa shape index (κ3) is 6.59. The second-order valence-electron chi connectivity index (χ2n) is 9.12. The van der Waals surface area contributed by atoms with Gasteiger partial charge in [-0.3, -0.25) is 0 Å². The fourth-order valence-electron chi connectivity index (χ4n) is 2.54. The molecule has 0 saturated heterocycles. The molecule has 0 bridgehead atoms. The maximum atomic E-state index is 9.76. The summed E-state index contributed by atoms with van der Waals surface area (Å²) in [4.78, 5) is 8.60. The first-order valence-electron chi connectivity index (χ1n) is 9.36. The van der Waals surface area contributed by atoms with Gasteiger partial charge in [0.2, 0.25) is 0 Å². The van der Waals surface area contributed by atoms with Crippen molar-refractivity contribution < 1.29 is 30.3 Å². The number of pyridine rings is 2. The summed E-state index contributed by atoms with van der Waals surface area (Å²) in [6, 6.07) is 13.0. The first-order valence-corrected chi connectivity index (χ1v) is 9.36. The van der Waals surface area contributed by atoms with Crippen LogP contribution in [0.15, 0.2) is 42.7 Å². The summed E-state index contributed by atoms with van der Waals surface area (Å²) in [5, 5.41) is 21.6. The molecule has 5 heteroatoms. The Hall–Kier alpha value is -1.39. The second kappa shape index (κ2) is 9.89. The van der Waals surface area contributed by atoms with Crippen molar-refractivity contribution in [2.24, 2.45) is 10.8 Å². The molecular formula is C23H31IrN2O2-. The molecule has 0 aliphatic carbocycles. The SMILES string of the molecule is CC(C)(C)C(O)CC(O)C(C)(C)C.[Ir].[c-]1ccnc2ccc3cccnc3c12. The van der Waals surface area contributed by atoms with Crippen LogP contribution in [0.1, 0.15) is 48.0 Å². The van der Waals surface area contributed by atoms with Crippen molar-refractivity contribution in [2.75, 3.05) is 0 Å². The van der Waals surface area contributed by atoms with Gasteiger partial charge >= 0.3 is 0 Å². The molecule has 3 aromatic rings. The third-order valence-electron chi connectivity index (χ3n) is 4.71. The van der Waals surface area contributed by atoms with Gasteiger partial charge in [0.1, 0.15) is 0 Å². The fourth-order valence-corrected chi connectivity index (χ4v) is 2.54. The van der Waals surface area contributed by atoms with Crippen LogP contribution in [-0.2, 0) is 20.1 Å². The molecule has 2 unspecified atom stereocenters. The van der Waals surface area contributed by atoms with Crippen LogP contribution in [-0.4, -0.2) is 32.4 Å². The summed E-state index contributed by atoms with van der Waals surface area (Å²) in [6.45, 7) is 11.9. The zero-order chi connectivity index (χ0) is 20.2. The Kier molecular flexibility index (Phi) is 8.70. The smallest absolute Gasteiger partial charge is 0.0613 e. The Balaban J connectivity index is 0.000000272. The van der Waals surface area contributed by atoms with Crippen molar-refractivity contribution in [1.29, 1.82) is 0 Å². The normalized spacial score (nSPS) is 14.0. The van der Waals surface area contributed by atoms with Crippen molar-refractivity contribution >= 4 is 21.8 Å². The maximum absolute atomic E-state index is 9.76. The Morgan fingerprint density at radius 1 is 0.893 bits per heavy atom. The van der Waals surface area contributed by atoms with E-state index in [1.54, 1.807) is 12.4 Å². The molecule has 3 rings (SSSR count). The molecule has 0 spiro atoms. The van der Waals surface area contributed by atoms with Crippen molar-refractivity contribution in [1.82, 2.24) is 9.97 Å². The molecule has 0 aliphatic heterocycles. The van der Waals surface area contributed by atoms with E-state index in [9.17, 15) is 10.2 Å². The van der Waals surface area contributed by atoms with Gasteiger partial charge in [-0.15, -0.1) is 12.1 Å². The van der Waals surface area contributed by atoms with E-state index in [2.05, 4.69) is 16.0 Å². The zero-order valence-electron chi connectivity index (χ0n) is 17.5. The summed E-state index contributed by atoms with van der Waals surface area (Å²) in [6.07, 6.45) is 3.11. The van der Waals surface area contributed by atoms with Gasteiger partial charge in [0.05, 0.1) is 12.2 Å². The van der Waals surface area contributed by atoms with Crippen LogP contribution in [0.5, 0.6) is 0 Å². The monoisotopic (exact) mass is 560 g/mol. The van der Waals surface area contributed by atoms with E-state index in [-0.39, 0.29) is 30.9 Å². The second-order valence-corrected chi connectivity index (χ2v) is 9.12. The van der Waals surface area contributed by atoms with Crippen LogP contribution in [0.4, 0.5) is 0 Å². The van der Waals surface area contributed by atoms with E-state index in [0.29, 0.717) is 6.42 Å². The molecule has 1 radical (unpaired) electrons. The predicted octanol–water partition coefficient (Wildman–Crippen LogP) is 4.77. The minimum absolute atomic E-state index is 0. The van der Waals surface area contributed by atoms with Gasteiger partial charge in [-0.1, -0.05) is 71.3 Å². The summed E-state index contributed by atoms with van der Waals surface area (Å²) in [5.74, 6) is 0. The summed E-state index contributed by atoms with van der Waals surface area (Å²) in [7, 11) is 0. The Bertz CT molecular complexity index is 812. The van der Waals surface area contributed by atoms with Crippen LogP contribution < -0.4 is 0 Å². The Morgan fingerprint density at radius 3 is 2.07 bits per heavy atom. The van der Waals surface area contributed by atoms with Gasteiger partial charge < -0.3 is 20.2 Å². The van der Waals surface area contributed by atoms with Crippen LogP contribution in [0.2, 0.25) is 0 Å². The van der Waals surface area contributed by atoms with E-state index < -0.39 is 12.2 Å². The number of hydrogen-bond donors (Lipinski definition) is 2. The Labute approximate surface area is 181 Å². The van der Waals surface area contributed by atoms with Gasteiger partial charge in [0, 0.05) is 32.7 Å². The van der Waals surface area contributed by atoms with Crippen LogP contribution >= 0.6 is 0 Å². The van der Waals surface area contributed by atoms with Crippen molar-refractivity contribution in [3.05, 3.63) is 48.8 Å². The topological polar surface area (TPSA) is 66.2 Å². The number of aliphatic hydroxyl groups is 2. The Morgan fingerprint density at radius 2 is 1.50 bits per heavy atom. The standard InChI is InChI=1S/C12H7N2.C11H24O2.Ir/c1-3-9-5-6-11-10(4-2-7-13-11)12(9)14-8-1;1-10(2,3)8(12)7-9(13)11(4,5)6;/h1-3,5-8H;8-9,12-13H,7H2,1-6H3;/q-1;;. The number of benzene rings is 1. The number of aliphatic hydroxyl groups excluding tert-OH is 2. The average molecular weight is 560 g/mol. The molecule has 0 fully saturated rings. The summed E-state index contributed by atoms with van der Waals surface area (Å²) < 4.78 is 0. The average Bonchev–Trinajstić information content (AvgIpc) is 2.60. The van der Waals surface area contributed by atoms with Gasteiger partial charge in [-0.25, -0.2) is 0 Å². The van der Waals surface area contributed by atoms with E-state index in [4.69, 9.17) is 0 Å². The number of aromatic nitrogens is 2. The van der Waals surface area contributed by atoms with Crippen LogP contribution in [0.25, 0.3) is 21.8 Å². The molecule has 0 aliphatic rings. The molecule has 0 saturated carbocycles. The first-order chi connectivity index (χ1) is 12.5. The van der Waals surface area contributed by atoms with E-state index in [1.807, 2.05) is 71.9 Å². The van der Waals surface area contributed by atoms with E-state index >= 15 is 0 Å². The summed E-state index contributed by atoms with van der Waals surface area (Å²) in [5.41, 5.74) is 1.62. The molecule has 0 amide bonds. The van der Waals surface area contributed by atoms with E-state index in [0.717, 1.165) is 21.8 Å². The molecule has 155 valence electrons. The predicted molar refractivity (Wildman–Crippen MR) is 111 cm³/mol. The van der Waals surface area contributed by atoms with Crippen LogP contribution in [0, 0.1) is 16.9 Å². The number of nitrogens with zero attached hydrogens (tertiary/aromatic N) is 2. The van der Waals surface area contributed by atoms with Gasteiger partial charge in [0.15, 0.2) is 0 Å². The number of hydrogen-bond acceptors (Lipinski definition) is 4. The van der Waals surface area contributed by atoms with Gasteiger partial charge in [-0.2, -0.15) is 0 Å². The molecular weight excluding hydrogens is 528 g/mol. The van der Waals surface area contributed by atoms with Crippen molar-refractivity contribution in [3.63, 3.8) is 0 Å². The molecule has 2 heterocycles. The van der Waals surface area contributed by atoms with Crippen molar-refractivity contribution in [2.45, 2.75) is 60.2 Å². The largest absolute Gasteiger partial charge is 0.392 e. The zero-order valence-corrected chi connectivity index (χ0v) is 19.9. The fraction of sp³-hybridized carbons (Fsp3) is 0.478. The molecule has 1 aromatic carbocycles. The minimum atomic E-state index is -0.443. The number of rotatable bonds is 2. The minimum Gasteiger partial charge on any atom is -0.392 e.